The van der Waals surface area contributed by atoms with E-state index in [9.17, 15) is 19.5 Å². The van der Waals surface area contributed by atoms with Crippen molar-refractivity contribution in [3.05, 3.63) is 33.7 Å². The number of imide groups is 1. The summed E-state index contributed by atoms with van der Waals surface area (Å²) in [4.78, 5) is 35.8. The first-order valence-corrected chi connectivity index (χ1v) is 6.81. The molecule has 1 aliphatic rings. The Labute approximate surface area is 124 Å². The van der Waals surface area contributed by atoms with Gasteiger partial charge in [0.25, 0.3) is 11.1 Å². The van der Waals surface area contributed by atoms with Crippen molar-refractivity contribution in [3.8, 4) is 5.75 Å². The third-order valence-corrected chi connectivity index (χ3v) is 3.73. The number of Topliss-reactive ketones (excluding diaryl/α,β-unsaturated/α-hetero) is 1. The van der Waals surface area contributed by atoms with Crippen molar-refractivity contribution >= 4 is 46.4 Å². The van der Waals surface area contributed by atoms with E-state index in [-0.39, 0.29) is 28.0 Å². The number of hydrogen-bond acceptors (Lipinski definition) is 5. The molecule has 0 aliphatic carbocycles. The number of aromatic hydroxyl groups is 1. The van der Waals surface area contributed by atoms with E-state index >= 15 is 0 Å². The Balaban J connectivity index is 2.27. The molecular formula is C13H10ClNO4S. The van der Waals surface area contributed by atoms with Crippen molar-refractivity contribution in [2.24, 2.45) is 0 Å². The molecule has 7 heteroatoms. The summed E-state index contributed by atoms with van der Waals surface area (Å²) in [6, 6.07) is 4.45. The number of halogens is 1. The summed E-state index contributed by atoms with van der Waals surface area (Å²) in [6.45, 7) is 1.09. The number of carbonyl (C=O) groups excluding carboxylic acids is 3. The maximum absolute atomic E-state index is 12.0. The van der Waals surface area contributed by atoms with Gasteiger partial charge in [0.15, 0.2) is 0 Å². The lowest BCUT2D eigenvalue weighted by Gasteiger charge is -2.08. The fraction of sp³-hybridized carbons (Fsp3) is 0.154. The van der Waals surface area contributed by atoms with Gasteiger partial charge in [-0.3, -0.25) is 19.3 Å². The lowest BCUT2D eigenvalue weighted by atomic mass is 10.2. The minimum Gasteiger partial charge on any atom is -0.506 e. The van der Waals surface area contributed by atoms with Crippen LogP contribution in [0.1, 0.15) is 12.5 Å². The number of benzene rings is 1. The molecule has 1 saturated heterocycles. The van der Waals surface area contributed by atoms with E-state index in [0.717, 1.165) is 16.7 Å². The summed E-state index contributed by atoms with van der Waals surface area (Å²) in [5.74, 6) is -0.825. The van der Waals surface area contributed by atoms with Gasteiger partial charge >= 0.3 is 0 Å². The van der Waals surface area contributed by atoms with E-state index in [2.05, 4.69) is 0 Å². The third kappa shape index (κ3) is 3.02. The number of ketones is 1. The number of nitrogens with zero attached hydrogens (tertiary/aromatic N) is 1. The Morgan fingerprint density at radius 1 is 1.45 bits per heavy atom. The van der Waals surface area contributed by atoms with Gasteiger partial charge in [0.05, 0.1) is 16.5 Å². The maximum Gasteiger partial charge on any atom is 0.293 e. The highest BCUT2D eigenvalue weighted by Crippen LogP contribution is 2.33. The maximum atomic E-state index is 12.0. The molecule has 1 heterocycles. The molecule has 1 aliphatic heterocycles. The molecule has 2 amide bonds. The Bertz CT molecular complexity index is 641. The number of thioether (sulfide) groups is 1. The van der Waals surface area contributed by atoms with Crippen LogP contribution >= 0.6 is 23.4 Å². The van der Waals surface area contributed by atoms with Crippen LogP contribution in [-0.4, -0.2) is 33.5 Å². The molecule has 0 atom stereocenters. The molecule has 0 aromatic heterocycles. The van der Waals surface area contributed by atoms with Gasteiger partial charge in [0, 0.05) is 0 Å². The van der Waals surface area contributed by atoms with Crippen LogP contribution in [0.4, 0.5) is 4.79 Å². The van der Waals surface area contributed by atoms with Crippen molar-refractivity contribution in [1.29, 1.82) is 0 Å². The number of rotatable bonds is 3. The van der Waals surface area contributed by atoms with Gasteiger partial charge < -0.3 is 5.11 Å². The molecule has 0 unspecified atom stereocenters. The minimum absolute atomic E-state index is 0.0616. The van der Waals surface area contributed by atoms with Gasteiger partial charge in [-0.1, -0.05) is 17.7 Å². The highest BCUT2D eigenvalue weighted by atomic mass is 35.5. The van der Waals surface area contributed by atoms with Crippen molar-refractivity contribution in [2.45, 2.75) is 6.92 Å². The Hall–Kier alpha value is -1.79. The SMILES string of the molecule is CC(=O)CN1C(=O)S/C(=C\c2ccc(O)c(Cl)c2)C1=O. The molecule has 1 fully saturated rings. The van der Waals surface area contributed by atoms with E-state index in [4.69, 9.17) is 11.6 Å². The van der Waals surface area contributed by atoms with E-state index in [1.807, 2.05) is 0 Å². The molecule has 1 aromatic rings. The Kier molecular flexibility index (Phi) is 4.15. The lowest BCUT2D eigenvalue weighted by molar-refractivity contribution is -0.127. The number of hydrogen-bond donors (Lipinski definition) is 1. The fourth-order valence-electron chi connectivity index (χ4n) is 1.62. The van der Waals surface area contributed by atoms with Gasteiger partial charge in [-0.2, -0.15) is 0 Å². The number of phenolic OH excluding ortho intramolecular Hbond substituents is 1. The minimum atomic E-state index is -0.501. The molecule has 1 N–H and O–H groups in total. The molecule has 0 radical (unpaired) electrons. The van der Waals surface area contributed by atoms with Gasteiger partial charge in [-0.05, 0) is 42.5 Å². The smallest absolute Gasteiger partial charge is 0.293 e. The third-order valence-electron chi connectivity index (χ3n) is 2.52. The van der Waals surface area contributed by atoms with Gasteiger partial charge in [-0.15, -0.1) is 0 Å². The van der Waals surface area contributed by atoms with Crippen molar-refractivity contribution in [1.82, 2.24) is 4.90 Å². The van der Waals surface area contributed by atoms with Crippen molar-refractivity contribution in [3.63, 3.8) is 0 Å². The molecule has 104 valence electrons. The van der Waals surface area contributed by atoms with Crippen LogP contribution in [0.5, 0.6) is 5.75 Å². The number of phenols is 1. The first kappa shape index (κ1) is 14.6. The number of carbonyl (C=O) groups is 3. The van der Waals surface area contributed by atoms with Crippen LogP contribution in [0.2, 0.25) is 5.02 Å². The van der Waals surface area contributed by atoms with Crippen LogP contribution in [0.15, 0.2) is 23.1 Å². The molecule has 0 saturated carbocycles. The fourth-order valence-corrected chi connectivity index (χ4v) is 2.65. The van der Waals surface area contributed by atoms with E-state index in [0.29, 0.717) is 5.56 Å². The van der Waals surface area contributed by atoms with Crippen LogP contribution in [-0.2, 0) is 9.59 Å². The summed E-state index contributed by atoms with van der Waals surface area (Å²) >= 11 is 6.54. The summed E-state index contributed by atoms with van der Waals surface area (Å²) in [5.41, 5.74) is 0.584. The molecular weight excluding hydrogens is 302 g/mol. The van der Waals surface area contributed by atoms with Crippen molar-refractivity contribution < 1.29 is 19.5 Å². The zero-order valence-electron chi connectivity index (χ0n) is 10.4. The monoisotopic (exact) mass is 311 g/mol. The first-order valence-electron chi connectivity index (χ1n) is 5.62. The van der Waals surface area contributed by atoms with Crippen LogP contribution in [0.25, 0.3) is 6.08 Å². The van der Waals surface area contributed by atoms with Gasteiger partial charge in [-0.25, -0.2) is 0 Å². The topological polar surface area (TPSA) is 74.7 Å². The largest absolute Gasteiger partial charge is 0.506 e. The summed E-state index contributed by atoms with van der Waals surface area (Å²) in [7, 11) is 0. The number of amides is 2. The zero-order chi connectivity index (χ0) is 14.9. The second-order valence-electron chi connectivity index (χ2n) is 4.18. The summed E-state index contributed by atoms with van der Waals surface area (Å²) < 4.78 is 0. The van der Waals surface area contributed by atoms with Crippen LogP contribution in [0.3, 0.4) is 0 Å². The zero-order valence-corrected chi connectivity index (χ0v) is 12.0. The van der Waals surface area contributed by atoms with E-state index in [1.54, 1.807) is 6.07 Å². The Morgan fingerprint density at radius 2 is 2.15 bits per heavy atom. The summed E-state index contributed by atoms with van der Waals surface area (Å²) in [5, 5.41) is 9.00. The average Bonchev–Trinajstić information content (AvgIpc) is 2.61. The molecule has 0 bridgehead atoms. The first-order chi connectivity index (χ1) is 9.38. The molecule has 20 heavy (non-hydrogen) atoms. The molecule has 1 aromatic carbocycles. The van der Waals surface area contributed by atoms with Gasteiger partial charge in [0.2, 0.25) is 0 Å². The second kappa shape index (κ2) is 5.68. The summed E-state index contributed by atoms with van der Waals surface area (Å²) in [6.07, 6.45) is 1.50. The van der Waals surface area contributed by atoms with Crippen LogP contribution in [0, 0.1) is 0 Å². The lowest BCUT2D eigenvalue weighted by Crippen LogP contribution is -2.32. The van der Waals surface area contributed by atoms with Crippen molar-refractivity contribution in [2.75, 3.05) is 6.54 Å². The van der Waals surface area contributed by atoms with E-state index in [1.165, 1.54) is 25.1 Å². The Morgan fingerprint density at radius 3 is 2.75 bits per heavy atom. The quantitative estimate of drug-likeness (QED) is 0.869. The predicted molar refractivity (Wildman–Crippen MR) is 76.5 cm³/mol. The van der Waals surface area contributed by atoms with E-state index < -0.39 is 11.1 Å². The average molecular weight is 312 g/mol. The molecule has 0 spiro atoms. The van der Waals surface area contributed by atoms with Crippen LogP contribution < -0.4 is 0 Å². The molecule has 5 nitrogen and oxygen atoms in total. The predicted octanol–water partition coefficient (Wildman–Crippen LogP) is 2.67. The standard InChI is InChI=1S/C13H10ClNO4S/c1-7(16)6-15-12(18)11(20-13(15)19)5-8-2-3-10(17)9(14)4-8/h2-5,17H,6H2,1H3/b11-5-. The highest BCUT2D eigenvalue weighted by Gasteiger charge is 2.35. The second-order valence-corrected chi connectivity index (χ2v) is 5.58. The molecule has 2 rings (SSSR count). The highest BCUT2D eigenvalue weighted by molar-refractivity contribution is 8.18. The normalized spacial score (nSPS) is 17.1. The van der Waals surface area contributed by atoms with Gasteiger partial charge in [0.1, 0.15) is 11.5 Å².